The van der Waals surface area contributed by atoms with Gasteiger partial charge in [-0.25, -0.2) is 4.79 Å². The summed E-state index contributed by atoms with van der Waals surface area (Å²) in [7, 11) is 0. The van der Waals surface area contributed by atoms with E-state index >= 15 is 0 Å². The third-order valence-electron chi connectivity index (χ3n) is 2.54. The van der Waals surface area contributed by atoms with Gasteiger partial charge in [0.25, 0.3) is 0 Å². The van der Waals surface area contributed by atoms with E-state index in [2.05, 4.69) is 10.6 Å². The fourth-order valence-corrected chi connectivity index (χ4v) is 2.20. The molecule has 0 saturated carbocycles. The zero-order valence-corrected chi connectivity index (χ0v) is 10.5. The van der Waals surface area contributed by atoms with Crippen LogP contribution in [0.25, 0.3) is 0 Å². The number of hydrogen-bond donors (Lipinski definition) is 2. The number of urea groups is 1. The molecule has 2 heterocycles. The van der Waals surface area contributed by atoms with Crippen molar-refractivity contribution in [3.05, 3.63) is 16.8 Å². The highest BCUT2D eigenvalue weighted by Crippen LogP contribution is 2.21. The van der Waals surface area contributed by atoms with Crippen molar-refractivity contribution in [3.63, 3.8) is 0 Å². The van der Waals surface area contributed by atoms with E-state index in [9.17, 15) is 4.79 Å². The molecule has 1 aromatic heterocycles. The number of nitrogens with one attached hydrogen (secondary N) is 2. The van der Waals surface area contributed by atoms with Crippen LogP contribution >= 0.6 is 11.3 Å². The second-order valence-corrected chi connectivity index (χ2v) is 4.75. The van der Waals surface area contributed by atoms with Crippen LogP contribution in [-0.4, -0.2) is 31.6 Å². The average molecular weight is 256 g/mol. The Morgan fingerprint density at radius 3 is 2.94 bits per heavy atom. The highest BCUT2D eigenvalue weighted by molar-refractivity contribution is 7.08. The number of rotatable bonds is 4. The third kappa shape index (κ3) is 3.69. The summed E-state index contributed by atoms with van der Waals surface area (Å²) in [6.07, 6.45) is 0.643. The van der Waals surface area contributed by atoms with Crippen LogP contribution in [0.3, 0.4) is 0 Å². The van der Waals surface area contributed by atoms with Crippen molar-refractivity contribution in [3.8, 4) is 0 Å². The average Bonchev–Trinajstić information content (AvgIpc) is 2.90. The lowest BCUT2D eigenvalue weighted by atomic mass is 10.2. The summed E-state index contributed by atoms with van der Waals surface area (Å²) in [5.41, 5.74) is 0.812. The van der Waals surface area contributed by atoms with Gasteiger partial charge in [0.05, 0.1) is 18.9 Å². The zero-order valence-electron chi connectivity index (χ0n) is 9.69. The summed E-state index contributed by atoms with van der Waals surface area (Å²) in [6, 6.07) is 1.65. The molecule has 0 spiro atoms. The molecule has 2 N–H and O–H groups in total. The predicted octanol–water partition coefficient (Wildman–Crippen LogP) is 2.02. The van der Waals surface area contributed by atoms with Gasteiger partial charge in [-0.15, -0.1) is 0 Å². The van der Waals surface area contributed by atoms with E-state index in [4.69, 9.17) is 9.47 Å². The first kappa shape index (κ1) is 12.3. The van der Waals surface area contributed by atoms with Crippen LogP contribution in [0.5, 0.6) is 0 Å². The zero-order chi connectivity index (χ0) is 12.1. The summed E-state index contributed by atoms with van der Waals surface area (Å²) in [5, 5.41) is 9.30. The molecule has 2 amide bonds. The smallest absolute Gasteiger partial charge is 0.319 e. The molecule has 1 aromatic rings. The van der Waals surface area contributed by atoms with Crippen LogP contribution < -0.4 is 10.6 Å². The van der Waals surface area contributed by atoms with E-state index in [1.165, 1.54) is 0 Å². The molecule has 2 rings (SSSR count). The fourth-order valence-electron chi connectivity index (χ4n) is 1.62. The van der Waals surface area contributed by atoms with Gasteiger partial charge in [0.15, 0.2) is 5.79 Å². The minimum absolute atomic E-state index is 0.204. The number of carbonyl (C=O) groups excluding carboxylic acids is 1. The lowest BCUT2D eigenvalue weighted by molar-refractivity contribution is -0.145. The highest BCUT2D eigenvalue weighted by atomic mass is 32.1. The minimum atomic E-state index is -0.546. The normalized spacial score (nSPS) is 17.9. The fraction of sp³-hybridized carbons (Fsp3) is 0.545. The minimum Gasteiger partial charge on any atom is -0.348 e. The van der Waals surface area contributed by atoms with Crippen molar-refractivity contribution in [2.75, 3.05) is 25.1 Å². The summed E-state index contributed by atoms with van der Waals surface area (Å²) in [5.74, 6) is -0.546. The Morgan fingerprint density at radius 1 is 1.53 bits per heavy atom. The summed E-state index contributed by atoms with van der Waals surface area (Å²) >= 11 is 1.54. The molecule has 1 aliphatic rings. The topological polar surface area (TPSA) is 59.6 Å². The molecule has 1 saturated heterocycles. The molecule has 6 heteroatoms. The second-order valence-electron chi connectivity index (χ2n) is 3.97. The maximum Gasteiger partial charge on any atom is 0.319 e. The summed E-state index contributed by atoms with van der Waals surface area (Å²) in [4.78, 5) is 11.5. The molecule has 0 unspecified atom stereocenters. The molecule has 1 aliphatic heterocycles. The Balaban J connectivity index is 1.66. The van der Waals surface area contributed by atoms with Gasteiger partial charge in [0.1, 0.15) is 0 Å². The summed E-state index contributed by atoms with van der Waals surface area (Å²) < 4.78 is 10.9. The van der Waals surface area contributed by atoms with E-state index in [0.29, 0.717) is 26.2 Å². The van der Waals surface area contributed by atoms with Crippen LogP contribution in [0.15, 0.2) is 16.8 Å². The standard InChI is InChI=1S/C11H16N2O3S/c1-11(15-5-6-16-11)3-4-12-10(14)13-9-2-7-17-8-9/h2,7-8H,3-6H2,1H3,(H2,12,13,14). The SMILES string of the molecule is CC1(CCNC(=O)Nc2ccsc2)OCCO1. The number of anilines is 1. The maximum atomic E-state index is 11.5. The lowest BCUT2D eigenvalue weighted by Crippen LogP contribution is -2.35. The molecule has 0 aromatic carbocycles. The van der Waals surface area contributed by atoms with Gasteiger partial charge in [0.2, 0.25) is 0 Å². The first-order valence-corrected chi connectivity index (χ1v) is 6.47. The summed E-state index contributed by atoms with van der Waals surface area (Å²) in [6.45, 7) is 3.65. The molecule has 17 heavy (non-hydrogen) atoms. The lowest BCUT2D eigenvalue weighted by Gasteiger charge is -2.22. The molecule has 0 radical (unpaired) electrons. The van der Waals surface area contributed by atoms with E-state index in [1.807, 2.05) is 23.8 Å². The van der Waals surface area contributed by atoms with Gasteiger partial charge in [-0.3, -0.25) is 0 Å². The molecule has 0 bridgehead atoms. The van der Waals surface area contributed by atoms with Crippen LogP contribution in [0.4, 0.5) is 10.5 Å². The molecule has 0 atom stereocenters. The molecule has 1 fully saturated rings. The highest BCUT2D eigenvalue weighted by Gasteiger charge is 2.30. The van der Waals surface area contributed by atoms with Crippen LogP contribution in [0, 0.1) is 0 Å². The van der Waals surface area contributed by atoms with Gasteiger partial charge in [-0.1, -0.05) is 0 Å². The largest absolute Gasteiger partial charge is 0.348 e. The van der Waals surface area contributed by atoms with E-state index < -0.39 is 5.79 Å². The van der Waals surface area contributed by atoms with Crippen molar-refractivity contribution in [2.24, 2.45) is 0 Å². The van der Waals surface area contributed by atoms with Crippen LogP contribution in [0.1, 0.15) is 13.3 Å². The van der Waals surface area contributed by atoms with Gasteiger partial charge < -0.3 is 20.1 Å². The molecule has 5 nitrogen and oxygen atoms in total. The van der Waals surface area contributed by atoms with E-state index in [0.717, 1.165) is 5.69 Å². The maximum absolute atomic E-state index is 11.5. The van der Waals surface area contributed by atoms with E-state index in [1.54, 1.807) is 11.3 Å². The Morgan fingerprint density at radius 2 is 2.29 bits per heavy atom. The second kappa shape index (κ2) is 5.48. The first-order chi connectivity index (χ1) is 8.18. The van der Waals surface area contributed by atoms with Crippen LogP contribution in [0.2, 0.25) is 0 Å². The Kier molecular flexibility index (Phi) is 3.98. The van der Waals surface area contributed by atoms with Crippen molar-refractivity contribution in [2.45, 2.75) is 19.1 Å². The van der Waals surface area contributed by atoms with Crippen molar-refractivity contribution >= 4 is 23.1 Å². The first-order valence-electron chi connectivity index (χ1n) is 5.53. The number of ether oxygens (including phenoxy) is 2. The van der Waals surface area contributed by atoms with Crippen molar-refractivity contribution in [1.82, 2.24) is 5.32 Å². The Labute approximate surface area is 104 Å². The number of thiophene rings is 1. The van der Waals surface area contributed by atoms with Gasteiger partial charge in [-0.05, 0) is 18.4 Å². The number of carbonyl (C=O) groups is 1. The molecular formula is C11H16N2O3S. The van der Waals surface area contributed by atoms with Crippen molar-refractivity contribution < 1.29 is 14.3 Å². The third-order valence-corrected chi connectivity index (χ3v) is 3.23. The molecular weight excluding hydrogens is 240 g/mol. The van der Waals surface area contributed by atoms with Gasteiger partial charge >= 0.3 is 6.03 Å². The number of amides is 2. The predicted molar refractivity (Wildman–Crippen MR) is 66.3 cm³/mol. The quantitative estimate of drug-likeness (QED) is 0.866. The van der Waals surface area contributed by atoms with E-state index in [-0.39, 0.29) is 6.03 Å². The molecule has 0 aliphatic carbocycles. The van der Waals surface area contributed by atoms with Crippen molar-refractivity contribution in [1.29, 1.82) is 0 Å². The Hall–Kier alpha value is -1.11. The molecule has 94 valence electrons. The Bertz CT molecular complexity index is 361. The van der Waals surface area contributed by atoms with Gasteiger partial charge in [0, 0.05) is 18.3 Å². The number of hydrogen-bond acceptors (Lipinski definition) is 4. The van der Waals surface area contributed by atoms with Gasteiger partial charge in [-0.2, -0.15) is 11.3 Å². The van der Waals surface area contributed by atoms with Crippen LogP contribution in [-0.2, 0) is 9.47 Å². The monoisotopic (exact) mass is 256 g/mol.